The summed E-state index contributed by atoms with van der Waals surface area (Å²) in [6.45, 7) is 4.59. The molecule has 41 heavy (non-hydrogen) atoms. The number of amides is 1. The van der Waals surface area contributed by atoms with Gasteiger partial charge in [-0.25, -0.2) is 13.4 Å². The summed E-state index contributed by atoms with van der Waals surface area (Å²) in [5.74, 6) is 0.0471. The maximum atomic E-state index is 13.6. The smallest absolute Gasteiger partial charge is 0.294 e. The number of aliphatic imine (C=N–C) groups is 2. The number of piperidine rings is 1. The Morgan fingerprint density at radius 1 is 1.24 bits per heavy atom. The quantitative estimate of drug-likeness (QED) is 0.166. The van der Waals surface area contributed by atoms with Crippen molar-refractivity contribution in [2.45, 2.75) is 56.9 Å². The number of sulfonamides is 1. The van der Waals surface area contributed by atoms with Crippen molar-refractivity contribution in [2.24, 2.45) is 21.1 Å². The third kappa shape index (κ3) is 6.25. The van der Waals surface area contributed by atoms with E-state index in [1.165, 1.54) is 22.7 Å². The minimum absolute atomic E-state index is 0.0178. The average Bonchev–Trinajstić information content (AvgIpc) is 3.20. The fourth-order valence-corrected chi connectivity index (χ4v) is 6.90. The minimum Gasteiger partial charge on any atom is -0.493 e. The van der Waals surface area contributed by atoms with Gasteiger partial charge in [0.05, 0.1) is 41.3 Å². The maximum Gasteiger partial charge on any atom is 0.294 e. The topological polar surface area (TPSA) is 177 Å². The van der Waals surface area contributed by atoms with Gasteiger partial charge in [0.15, 0.2) is 11.9 Å². The molecule has 1 aromatic rings. The lowest BCUT2D eigenvalue weighted by Gasteiger charge is -2.31. The van der Waals surface area contributed by atoms with E-state index in [1.54, 1.807) is 24.9 Å². The van der Waals surface area contributed by atoms with Crippen LogP contribution in [0, 0.1) is 16.0 Å². The van der Waals surface area contributed by atoms with Gasteiger partial charge in [-0.05, 0) is 56.7 Å². The number of carbonyl (C=O) groups is 1. The van der Waals surface area contributed by atoms with E-state index in [0.717, 1.165) is 12.0 Å². The molecule has 0 aliphatic carbocycles. The van der Waals surface area contributed by atoms with Crippen molar-refractivity contribution in [3.63, 3.8) is 0 Å². The first-order chi connectivity index (χ1) is 19.6. The van der Waals surface area contributed by atoms with E-state index >= 15 is 0 Å². The number of hydrogen-bond donors (Lipinski definition) is 1. The van der Waals surface area contributed by atoms with Crippen molar-refractivity contribution in [1.29, 1.82) is 0 Å². The van der Waals surface area contributed by atoms with Crippen LogP contribution in [0.2, 0.25) is 0 Å². The van der Waals surface area contributed by atoms with Gasteiger partial charge in [-0.2, -0.15) is 9.30 Å². The van der Waals surface area contributed by atoms with E-state index in [2.05, 4.69) is 15.0 Å². The molecule has 1 amide bonds. The normalized spacial score (nSPS) is 20.3. The highest BCUT2D eigenvalue weighted by atomic mass is 32.2. The molecular formula is C26H34N6O8S. The Bertz CT molecular complexity index is 1410. The molecule has 1 atom stereocenters. The second kappa shape index (κ2) is 12.8. The Hall–Kier alpha value is -3.85. The molecule has 15 heteroatoms. The molecule has 14 nitrogen and oxygen atoms in total. The highest BCUT2D eigenvalue weighted by Crippen LogP contribution is 2.34. The standard InChI is InChI=1S/C26H34N6O8S/c1-4-6-19-21(16-27-34)30(3)24-23(19)28-25(29-26(24)33)20-15-18(7-8-22(20)39-5-2)41(37,38)31-12-9-17(10-13-31)11-14-40-32(35)36/h7-8,15-17,24,34H,4-6,9-14H2,1-3H3/b27-16+. The summed E-state index contributed by atoms with van der Waals surface area (Å²) < 4.78 is 34.4. The van der Waals surface area contributed by atoms with E-state index < -0.39 is 27.1 Å². The van der Waals surface area contributed by atoms with Gasteiger partial charge in [-0.1, -0.05) is 18.5 Å². The number of oxime groups is 1. The van der Waals surface area contributed by atoms with Gasteiger partial charge in [-0.15, -0.1) is 10.1 Å². The number of fused-ring (bicyclic) bond motifs is 1. The van der Waals surface area contributed by atoms with Crippen LogP contribution < -0.4 is 4.74 Å². The Kier molecular flexibility index (Phi) is 9.38. The van der Waals surface area contributed by atoms with Crippen molar-refractivity contribution in [3.05, 3.63) is 45.1 Å². The molecule has 0 bridgehead atoms. The van der Waals surface area contributed by atoms with Crippen molar-refractivity contribution in [3.8, 4) is 5.75 Å². The molecular weight excluding hydrogens is 556 g/mol. The van der Waals surface area contributed by atoms with E-state index in [4.69, 9.17) is 9.73 Å². The fraction of sp³-hybridized carbons (Fsp3) is 0.538. The van der Waals surface area contributed by atoms with E-state index in [0.29, 0.717) is 49.4 Å². The highest BCUT2D eigenvalue weighted by Gasteiger charge is 2.42. The zero-order valence-corrected chi connectivity index (χ0v) is 24.0. The van der Waals surface area contributed by atoms with E-state index in [1.807, 2.05) is 6.92 Å². The van der Waals surface area contributed by atoms with Crippen LogP contribution in [-0.2, 0) is 19.7 Å². The second-order valence-corrected chi connectivity index (χ2v) is 11.9. The van der Waals surface area contributed by atoms with Crippen molar-refractivity contribution in [1.82, 2.24) is 9.21 Å². The van der Waals surface area contributed by atoms with E-state index in [-0.39, 0.29) is 41.9 Å². The Morgan fingerprint density at radius 2 is 1.98 bits per heavy atom. The second-order valence-electron chi connectivity index (χ2n) is 9.93. The predicted molar refractivity (Wildman–Crippen MR) is 149 cm³/mol. The first kappa shape index (κ1) is 30.1. The zero-order valence-electron chi connectivity index (χ0n) is 23.2. The molecule has 1 saturated heterocycles. The van der Waals surface area contributed by atoms with Crippen LogP contribution in [0.3, 0.4) is 0 Å². The van der Waals surface area contributed by atoms with Crippen LogP contribution in [-0.4, -0.2) is 91.0 Å². The van der Waals surface area contributed by atoms with Crippen LogP contribution in [0.1, 0.15) is 51.5 Å². The molecule has 0 saturated carbocycles. The fourth-order valence-electron chi connectivity index (χ4n) is 5.40. The van der Waals surface area contributed by atoms with Gasteiger partial charge in [0.2, 0.25) is 10.0 Å². The van der Waals surface area contributed by atoms with Crippen molar-refractivity contribution >= 4 is 33.7 Å². The maximum absolute atomic E-state index is 13.6. The summed E-state index contributed by atoms with van der Waals surface area (Å²) in [4.78, 5) is 38.7. The molecule has 1 aromatic carbocycles. The monoisotopic (exact) mass is 590 g/mol. The Labute approximate surface area is 238 Å². The minimum atomic E-state index is -3.90. The van der Waals surface area contributed by atoms with Crippen LogP contribution >= 0.6 is 0 Å². The number of nitrogens with zero attached hydrogens (tertiary/aromatic N) is 6. The summed E-state index contributed by atoms with van der Waals surface area (Å²) >= 11 is 0. The number of carbonyl (C=O) groups excluding carboxylic acids is 1. The zero-order chi connectivity index (χ0) is 29.7. The van der Waals surface area contributed by atoms with Gasteiger partial charge in [0.25, 0.3) is 11.0 Å². The number of ether oxygens (including phenoxy) is 1. The van der Waals surface area contributed by atoms with Crippen LogP contribution in [0.5, 0.6) is 5.75 Å². The number of likely N-dealkylation sites (N-methyl/N-ethyl adjacent to an activating group) is 1. The Morgan fingerprint density at radius 3 is 2.61 bits per heavy atom. The number of allylic oxidation sites excluding steroid dienone is 1. The molecule has 0 aromatic heterocycles. The molecule has 1 fully saturated rings. The van der Waals surface area contributed by atoms with Crippen LogP contribution in [0.15, 0.2) is 49.5 Å². The Balaban J connectivity index is 1.65. The summed E-state index contributed by atoms with van der Waals surface area (Å²) in [7, 11) is -2.20. The number of amidine groups is 1. The van der Waals surface area contributed by atoms with Crippen LogP contribution in [0.4, 0.5) is 0 Å². The molecule has 0 radical (unpaired) electrons. The lowest BCUT2D eigenvalue weighted by molar-refractivity contribution is -0.758. The van der Waals surface area contributed by atoms with Crippen LogP contribution in [0.25, 0.3) is 0 Å². The lowest BCUT2D eigenvalue weighted by atomic mass is 9.95. The summed E-state index contributed by atoms with van der Waals surface area (Å²) in [6, 6.07) is 3.67. The number of rotatable bonds is 12. The van der Waals surface area contributed by atoms with Gasteiger partial charge in [0.1, 0.15) is 5.75 Å². The number of hydrogen-bond acceptors (Lipinski definition) is 11. The first-order valence-corrected chi connectivity index (χ1v) is 15.0. The summed E-state index contributed by atoms with van der Waals surface area (Å²) in [6.07, 6.45) is 4.21. The van der Waals surface area contributed by atoms with Gasteiger partial charge in [0, 0.05) is 25.7 Å². The third-order valence-electron chi connectivity index (χ3n) is 7.43. The third-order valence-corrected chi connectivity index (χ3v) is 9.32. The largest absolute Gasteiger partial charge is 0.493 e. The van der Waals surface area contributed by atoms with E-state index in [9.17, 15) is 28.5 Å². The predicted octanol–water partition coefficient (Wildman–Crippen LogP) is 2.64. The lowest BCUT2D eigenvalue weighted by Crippen LogP contribution is -2.41. The average molecular weight is 591 g/mol. The van der Waals surface area contributed by atoms with Gasteiger partial charge < -0.3 is 19.7 Å². The molecule has 3 aliphatic heterocycles. The first-order valence-electron chi connectivity index (χ1n) is 13.5. The molecule has 4 rings (SSSR count). The highest BCUT2D eigenvalue weighted by molar-refractivity contribution is 7.89. The summed E-state index contributed by atoms with van der Waals surface area (Å²) in [5, 5.41) is 21.9. The molecule has 1 N–H and O–H groups in total. The molecule has 3 aliphatic rings. The molecule has 222 valence electrons. The molecule has 3 heterocycles. The van der Waals surface area contributed by atoms with Gasteiger partial charge >= 0.3 is 0 Å². The molecule has 0 spiro atoms. The number of benzene rings is 1. The van der Waals surface area contributed by atoms with Crippen molar-refractivity contribution < 1.29 is 33.1 Å². The SMILES string of the molecule is CCCC1=C(/C=N/O)N(C)C2C(=O)N=C(c3cc(S(=O)(=O)N4CCC(CCO[N+](=O)[O-])CC4)ccc3OCC)N=C12. The van der Waals surface area contributed by atoms with Gasteiger partial charge in [-0.3, -0.25) is 4.79 Å². The molecule has 1 unspecified atom stereocenters. The summed E-state index contributed by atoms with van der Waals surface area (Å²) in [5.41, 5.74) is 2.09. The van der Waals surface area contributed by atoms with Crippen molar-refractivity contribution in [2.75, 3.05) is 33.4 Å².